The average Bonchev–Trinajstić information content (AvgIpc) is 2.54. The van der Waals surface area contributed by atoms with Crippen molar-refractivity contribution < 1.29 is 13.9 Å². The first-order valence-corrected chi connectivity index (χ1v) is 8.31. The molecular weight excluding hydrogens is 281 g/mol. The maximum absolute atomic E-state index is 13.3. The van der Waals surface area contributed by atoms with Crippen LogP contribution < -0.4 is 4.74 Å². The van der Waals surface area contributed by atoms with Gasteiger partial charge < -0.3 is 4.74 Å². The standard InChI is InChI=1S/C18H26FNO2/c1-2-3-13-22-17-8-6-15(7-9-17)18(21)10-12-20-11-4-5-16(19)14-20/h6-9,16H,2-5,10-14H2,1H3. The number of nitrogens with zero attached hydrogens (tertiary/aromatic N) is 1. The topological polar surface area (TPSA) is 29.5 Å². The molecule has 1 aromatic rings. The maximum Gasteiger partial charge on any atom is 0.164 e. The Bertz CT molecular complexity index is 461. The second-order valence-corrected chi connectivity index (χ2v) is 5.94. The Morgan fingerprint density at radius 3 is 2.82 bits per heavy atom. The Hall–Kier alpha value is -1.42. The van der Waals surface area contributed by atoms with Crippen molar-refractivity contribution in [2.75, 3.05) is 26.2 Å². The van der Waals surface area contributed by atoms with E-state index in [9.17, 15) is 9.18 Å². The predicted molar refractivity (Wildman–Crippen MR) is 86.4 cm³/mol. The number of ether oxygens (including phenoxy) is 1. The van der Waals surface area contributed by atoms with Crippen molar-refractivity contribution in [3.8, 4) is 5.75 Å². The minimum absolute atomic E-state index is 0.112. The molecule has 0 saturated carbocycles. The van der Waals surface area contributed by atoms with Gasteiger partial charge in [-0.3, -0.25) is 9.69 Å². The van der Waals surface area contributed by atoms with Crippen LogP contribution in [0.2, 0.25) is 0 Å². The number of unbranched alkanes of at least 4 members (excludes halogenated alkanes) is 1. The van der Waals surface area contributed by atoms with Crippen LogP contribution in [0.4, 0.5) is 4.39 Å². The summed E-state index contributed by atoms with van der Waals surface area (Å²) in [6.45, 7) is 4.85. The molecule has 1 atom stereocenters. The summed E-state index contributed by atoms with van der Waals surface area (Å²) in [5, 5.41) is 0. The van der Waals surface area contributed by atoms with Crippen LogP contribution in [-0.2, 0) is 0 Å². The van der Waals surface area contributed by atoms with Crippen LogP contribution in [0.3, 0.4) is 0 Å². The van der Waals surface area contributed by atoms with Gasteiger partial charge in [0.05, 0.1) is 6.61 Å². The molecule has 2 rings (SSSR count). The van der Waals surface area contributed by atoms with Crippen LogP contribution in [0, 0.1) is 0 Å². The Balaban J connectivity index is 1.77. The summed E-state index contributed by atoms with van der Waals surface area (Å²) >= 11 is 0. The van der Waals surface area contributed by atoms with Crippen LogP contribution in [0.1, 0.15) is 49.4 Å². The molecule has 1 aliphatic heterocycles. The predicted octanol–water partition coefficient (Wildman–Crippen LogP) is 3.87. The van der Waals surface area contributed by atoms with E-state index in [-0.39, 0.29) is 5.78 Å². The van der Waals surface area contributed by atoms with E-state index in [0.29, 0.717) is 38.1 Å². The van der Waals surface area contributed by atoms with Gasteiger partial charge in [0.15, 0.2) is 5.78 Å². The summed E-state index contributed by atoms with van der Waals surface area (Å²) in [5.41, 5.74) is 0.705. The molecule has 3 nitrogen and oxygen atoms in total. The summed E-state index contributed by atoms with van der Waals surface area (Å²) in [4.78, 5) is 14.2. The molecule has 0 N–H and O–H groups in total. The molecule has 1 saturated heterocycles. The van der Waals surface area contributed by atoms with Gasteiger partial charge in [0.1, 0.15) is 11.9 Å². The number of Topliss-reactive ketones (excluding diaryl/α,β-unsaturated/α-hetero) is 1. The molecule has 22 heavy (non-hydrogen) atoms. The Labute approximate surface area is 132 Å². The quantitative estimate of drug-likeness (QED) is 0.539. The number of benzene rings is 1. The van der Waals surface area contributed by atoms with Crippen LogP contribution >= 0.6 is 0 Å². The lowest BCUT2D eigenvalue weighted by molar-refractivity contribution is 0.0929. The van der Waals surface area contributed by atoms with Crippen molar-refractivity contribution in [3.05, 3.63) is 29.8 Å². The molecule has 0 spiro atoms. The maximum atomic E-state index is 13.3. The van der Waals surface area contributed by atoms with E-state index >= 15 is 0 Å². The van der Waals surface area contributed by atoms with E-state index in [1.165, 1.54) is 0 Å². The highest BCUT2D eigenvalue weighted by Gasteiger charge is 2.19. The van der Waals surface area contributed by atoms with Crippen molar-refractivity contribution in [1.29, 1.82) is 0 Å². The van der Waals surface area contributed by atoms with Crippen LogP contribution in [0.5, 0.6) is 5.75 Å². The zero-order valence-electron chi connectivity index (χ0n) is 13.4. The van der Waals surface area contributed by atoms with Crippen LogP contribution in [0.25, 0.3) is 0 Å². The first kappa shape index (κ1) is 16.9. The molecule has 1 unspecified atom stereocenters. The van der Waals surface area contributed by atoms with Crippen molar-refractivity contribution in [2.24, 2.45) is 0 Å². The zero-order valence-corrected chi connectivity index (χ0v) is 13.4. The number of alkyl halides is 1. The number of ketones is 1. The van der Waals surface area contributed by atoms with Gasteiger partial charge in [-0.15, -0.1) is 0 Å². The number of hydrogen-bond donors (Lipinski definition) is 0. The fourth-order valence-electron chi connectivity index (χ4n) is 2.68. The van der Waals surface area contributed by atoms with E-state index in [2.05, 4.69) is 6.92 Å². The van der Waals surface area contributed by atoms with Crippen molar-refractivity contribution in [1.82, 2.24) is 4.90 Å². The van der Waals surface area contributed by atoms with E-state index in [4.69, 9.17) is 4.74 Å². The Kier molecular flexibility index (Phi) is 6.84. The number of piperidine rings is 1. The van der Waals surface area contributed by atoms with Gasteiger partial charge in [-0.05, 0) is 50.1 Å². The lowest BCUT2D eigenvalue weighted by Crippen LogP contribution is -2.37. The monoisotopic (exact) mass is 307 g/mol. The first-order valence-electron chi connectivity index (χ1n) is 8.31. The van der Waals surface area contributed by atoms with E-state index in [0.717, 1.165) is 31.6 Å². The summed E-state index contributed by atoms with van der Waals surface area (Å²) in [5.74, 6) is 0.919. The highest BCUT2D eigenvalue weighted by atomic mass is 19.1. The molecule has 1 aromatic carbocycles. The summed E-state index contributed by atoms with van der Waals surface area (Å²) in [7, 11) is 0. The van der Waals surface area contributed by atoms with Gasteiger partial charge in [-0.1, -0.05) is 13.3 Å². The number of hydrogen-bond acceptors (Lipinski definition) is 3. The highest BCUT2D eigenvalue weighted by Crippen LogP contribution is 2.16. The number of halogens is 1. The minimum Gasteiger partial charge on any atom is -0.494 e. The number of likely N-dealkylation sites (tertiary alicyclic amines) is 1. The molecule has 0 amide bonds. The molecule has 0 bridgehead atoms. The van der Waals surface area contributed by atoms with E-state index < -0.39 is 6.17 Å². The first-order chi connectivity index (χ1) is 10.7. The van der Waals surface area contributed by atoms with Gasteiger partial charge in [0.2, 0.25) is 0 Å². The fraction of sp³-hybridized carbons (Fsp3) is 0.611. The average molecular weight is 307 g/mol. The van der Waals surface area contributed by atoms with E-state index in [1.807, 2.05) is 29.2 Å². The van der Waals surface area contributed by atoms with Crippen LogP contribution in [-0.4, -0.2) is 43.1 Å². The zero-order chi connectivity index (χ0) is 15.8. The highest BCUT2D eigenvalue weighted by molar-refractivity contribution is 5.96. The molecule has 1 aliphatic rings. The lowest BCUT2D eigenvalue weighted by atomic mass is 10.1. The molecule has 122 valence electrons. The smallest absolute Gasteiger partial charge is 0.164 e. The molecule has 0 aliphatic carbocycles. The Morgan fingerprint density at radius 2 is 2.14 bits per heavy atom. The van der Waals surface area contributed by atoms with Gasteiger partial charge in [0.25, 0.3) is 0 Å². The van der Waals surface area contributed by atoms with Crippen LogP contribution in [0.15, 0.2) is 24.3 Å². The number of carbonyl (C=O) groups excluding carboxylic acids is 1. The molecule has 4 heteroatoms. The second kappa shape index (κ2) is 8.89. The van der Waals surface area contributed by atoms with Gasteiger partial charge in [-0.2, -0.15) is 0 Å². The van der Waals surface area contributed by atoms with Gasteiger partial charge in [-0.25, -0.2) is 4.39 Å². The SMILES string of the molecule is CCCCOc1ccc(C(=O)CCN2CCCC(F)C2)cc1. The lowest BCUT2D eigenvalue weighted by Gasteiger charge is -2.28. The van der Waals surface area contributed by atoms with Crippen molar-refractivity contribution in [2.45, 2.75) is 45.2 Å². The second-order valence-electron chi connectivity index (χ2n) is 5.94. The Morgan fingerprint density at radius 1 is 1.36 bits per heavy atom. The molecule has 0 aromatic heterocycles. The molecule has 0 radical (unpaired) electrons. The molecular formula is C18H26FNO2. The largest absolute Gasteiger partial charge is 0.494 e. The van der Waals surface area contributed by atoms with Crippen molar-refractivity contribution in [3.63, 3.8) is 0 Å². The van der Waals surface area contributed by atoms with Gasteiger partial charge >= 0.3 is 0 Å². The van der Waals surface area contributed by atoms with E-state index in [1.54, 1.807) is 0 Å². The fourth-order valence-corrected chi connectivity index (χ4v) is 2.68. The third-order valence-corrected chi connectivity index (χ3v) is 4.05. The summed E-state index contributed by atoms with van der Waals surface area (Å²) in [6.07, 6.45) is 3.40. The summed E-state index contributed by atoms with van der Waals surface area (Å²) < 4.78 is 18.9. The normalized spacial score (nSPS) is 19.1. The van der Waals surface area contributed by atoms with Gasteiger partial charge in [0, 0.05) is 25.1 Å². The minimum atomic E-state index is -0.733. The third kappa shape index (κ3) is 5.41. The molecule has 1 fully saturated rings. The third-order valence-electron chi connectivity index (χ3n) is 4.05. The number of rotatable bonds is 8. The number of carbonyl (C=O) groups is 1. The molecule has 1 heterocycles. The van der Waals surface area contributed by atoms with Crippen molar-refractivity contribution >= 4 is 5.78 Å². The summed E-state index contributed by atoms with van der Waals surface area (Å²) in [6, 6.07) is 7.33.